The van der Waals surface area contributed by atoms with Crippen LogP contribution in [-0.2, 0) is 4.79 Å². The first kappa shape index (κ1) is 18.8. The lowest BCUT2D eigenvalue weighted by Gasteiger charge is -2.21. The second kappa shape index (κ2) is 7.15. The first-order valence-electron chi connectivity index (χ1n) is 7.74. The van der Waals surface area contributed by atoms with Crippen molar-refractivity contribution in [3.05, 3.63) is 33.6 Å². The van der Waals surface area contributed by atoms with Crippen LogP contribution in [0.5, 0.6) is 0 Å². The molecule has 1 heterocycles. The van der Waals surface area contributed by atoms with E-state index >= 15 is 0 Å². The van der Waals surface area contributed by atoms with E-state index in [-0.39, 0.29) is 28.8 Å². The molecule has 1 amide bonds. The number of nitrogens with zero attached hydrogens (tertiary/aromatic N) is 2. The molecule has 5 nitrogen and oxygen atoms in total. The fraction of sp³-hybridized carbons (Fsp3) is 0.471. The molecule has 0 aliphatic rings. The first-order chi connectivity index (χ1) is 11.1. The van der Waals surface area contributed by atoms with Crippen molar-refractivity contribution in [1.82, 2.24) is 14.9 Å². The molecule has 1 aromatic heterocycles. The maximum absolute atomic E-state index is 12.7. The highest BCUT2D eigenvalue weighted by atomic mass is 35.5. The third kappa shape index (κ3) is 4.51. The molecule has 130 valence electrons. The van der Waals surface area contributed by atoms with Gasteiger partial charge in [-0.25, -0.2) is 4.98 Å². The van der Waals surface area contributed by atoms with Gasteiger partial charge in [0.05, 0.1) is 16.7 Å². The van der Waals surface area contributed by atoms with Crippen LogP contribution in [0.25, 0.3) is 10.9 Å². The van der Waals surface area contributed by atoms with Gasteiger partial charge in [0.1, 0.15) is 0 Å². The molecular formula is C17H22ClN3O2S. The Hall–Kier alpha value is -1.53. The van der Waals surface area contributed by atoms with Crippen molar-refractivity contribution in [3.8, 4) is 0 Å². The van der Waals surface area contributed by atoms with Gasteiger partial charge >= 0.3 is 0 Å². The van der Waals surface area contributed by atoms with Crippen molar-refractivity contribution in [2.24, 2.45) is 0 Å². The predicted molar refractivity (Wildman–Crippen MR) is 100 cm³/mol. The molecular weight excluding hydrogens is 346 g/mol. The fourth-order valence-corrected chi connectivity index (χ4v) is 3.39. The number of hydrogen-bond donors (Lipinski definition) is 1. The summed E-state index contributed by atoms with van der Waals surface area (Å²) in [5.41, 5.74) is 0.133. The zero-order chi connectivity index (χ0) is 18.1. The van der Waals surface area contributed by atoms with Gasteiger partial charge in [-0.2, -0.15) is 0 Å². The van der Waals surface area contributed by atoms with Crippen LogP contribution in [0.2, 0.25) is 5.02 Å². The number of hydrogen-bond acceptors (Lipinski definition) is 4. The lowest BCUT2D eigenvalue weighted by atomic mass is 10.1. The van der Waals surface area contributed by atoms with E-state index < -0.39 is 0 Å². The zero-order valence-electron chi connectivity index (χ0n) is 14.5. The summed E-state index contributed by atoms with van der Waals surface area (Å²) < 4.78 is 1.62. The van der Waals surface area contributed by atoms with Crippen LogP contribution in [0.15, 0.2) is 28.2 Å². The van der Waals surface area contributed by atoms with Crippen LogP contribution in [-0.4, -0.2) is 26.8 Å². The lowest BCUT2D eigenvalue weighted by Crippen LogP contribution is -2.41. The Labute approximate surface area is 150 Å². The SMILES string of the molecule is CC(C)n1c(SCC(=O)NC(C)(C)C)nc2cc(Cl)ccc2c1=O. The van der Waals surface area contributed by atoms with E-state index in [1.165, 1.54) is 11.8 Å². The monoisotopic (exact) mass is 367 g/mol. The first-order valence-corrected chi connectivity index (χ1v) is 9.10. The van der Waals surface area contributed by atoms with Gasteiger partial charge in [0.2, 0.25) is 5.91 Å². The van der Waals surface area contributed by atoms with Crippen molar-refractivity contribution in [2.75, 3.05) is 5.75 Å². The number of amides is 1. The molecule has 0 saturated heterocycles. The smallest absolute Gasteiger partial charge is 0.262 e. The Morgan fingerprint density at radius 2 is 2.04 bits per heavy atom. The molecule has 0 unspecified atom stereocenters. The molecule has 2 aromatic rings. The van der Waals surface area contributed by atoms with Crippen LogP contribution in [0.1, 0.15) is 40.7 Å². The van der Waals surface area contributed by atoms with Gasteiger partial charge in [-0.1, -0.05) is 23.4 Å². The van der Waals surface area contributed by atoms with E-state index in [4.69, 9.17) is 11.6 Å². The minimum absolute atomic E-state index is 0.0572. The number of halogens is 1. The summed E-state index contributed by atoms with van der Waals surface area (Å²) in [6.45, 7) is 9.62. The number of aromatic nitrogens is 2. The maximum Gasteiger partial charge on any atom is 0.262 e. The highest BCUT2D eigenvalue weighted by Gasteiger charge is 2.18. The van der Waals surface area contributed by atoms with E-state index in [9.17, 15) is 9.59 Å². The van der Waals surface area contributed by atoms with Crippen molar-refractivity contribution in [2.45, 2.75) is 51.4 Å². The lowest BCUT2D eigenvalue weighted by molar-refractivity contribution is -0.119. The van der Waals surface area contributed by atoms with Crippen LogP contribution in [0.3, 0.4) is 0 Å². The molecule has 0 bridgehead atoms. The Morgan fingerprint density at radius 3 is 2.62 bits per heavy atom. The summed E-state index contributed by atoms with van der Waals surface area (Å²) in [5.74, 6) is 0.103. The normalized spacial score (nSPS) is 12.0. The average Bonchev–Trinajstić information content (AvgIpc) is 2.42. The standard InChI is InChI=1S/C17H22ClN3O2S/c1-10(2)21-15(23)12-7-6-11(18)8-13(12)19-16(21)24-9-14(22)20-17(3,4)5/h6-8,10H,9H2,1-5H3,(H,20,22). The Bertz CT molecular complexity index is 825. The molecule has 0 aliphatic carbocycles. The van der Waals surface area contributed by atoms with E-state index in [0.717, 1.165) is 0 Å². The minimum Gasteiger partial charge on any atom is -0.351 e. The number of nitrogens with one attached hydrogen (secondary N) is 1. The summed E-state index contributed by atoms with van der Waals surface area (Å²) in [6.07, 6.45) is 0. The fourth-order valence-electron chi connectivity index (χ4n) is 2.29. The maximum atomic E-state index is 12.7. The number of thioether (sulfide) groups is 1. The minimum atomic E-state index is -0.292. The molecule has 7 heteroatoms. The summed E-state index contributed by atoms with van der Waals surface area (Å²) in [6, 6.07) is 4.98. The largest absolute Gasteiger partial charge is 0.351 e. The number of fused-ring (bicyclic) bond motifs is 1. The highest BCUT2D eigenvalue weighted by molar-refractivity contribution is 7.99. The Kier molecular flexibility index (Phi) is 5.60. The summed E-state index contributed by atoms with van der Waals surface area (Å²) in [5, 5.41) is 4.48. The topological polar surface area (TPSA) is 64.0 Å². The Balaban J connectivity index is 2.39. The number of benzene rings is 1. The summed E-state index contributed by atoms with van der Waals surface area (Å²) in [7, 11) is 0. The molecule has 0 spiro atoms. The molecule has 0 atom stereocenters. The molecule has 1 aromatic carbocycles. The van der Waals surface area contributed by atoms with Crippen LogP contribution in [0, 0.1) is 0 Å². The molecule has 0 fully saturated rings. The number of carbonyl (C=O) groups is 1. The molecule has 24 heavy (non-hydrogen) atoms. The quantitative estimate of drug-likeness (QED) is 0.662. The summed E-state index contributed by atoms with van der Waals surface area (Å²) >= 11 is 7.26. The molecule has 0 radical (unpaired) electrons. The molecule has 0 saturated carbocycles. The van der Waals surface area contributed by atoms with Gasteiger partial charge in [0, 0.05) is 16.6 Å². The third-order valence-corrected chi connectivity index (χ3v) is 4.38. The third-order valence-electron chi connectivity index (χ3n) is 3.19. The van der Waals surface area contributed by atoms with Crippen LogP contribution >= 0.6 is 23.4 Å². The molecule has 2 rings (SSSR count). The van der Waals surface area contributed by atoms with E-state index in [1.807, 2.05) is 34.6 Å². The Morgan fingerprint density at radius 1 is 1.38 bits per heavy atom. The van der Waals surface area contributed by atoms with Gasteiger partial charge in [0.25, 0.3) is 5.56 Å². The zero-order valence-corrected chi connectivity index (χ0v) is 16.1. The van der Waals surface area contributed by atoms with Gasteiger partial charge in [-0.15, -0.1) is 0 Å². The van der Waals surface area contributed by atoms with E-state index in [1.54, 1.807) is 22.8 Å². The van der Waals surface area contributed by atoms with Crippen LogP contribution < -0.4 is 10.9 Å². The van der Waals surface area contributed by atoms with E-state index in [2.05, 4.69) is 10.3 Å². The van der Waals surface area contributed by atoms with Crippen molar-refractivity contribution < 1.29 is 4.79 Å². The number of rotatable bonds is 4. The van der Waals surface area contributed by atoms with Crippen molar-refractivity contribution >= 4 is 40.2 Å². The number of carbonyl (C=O) groups excluding carboxylic acids is 1. The van der Waals surface area contributed by atoms with Crippen molar-refractivity contribution in [3.63, 3.8) is 0 Å². The van der Waals surface area contributed by atoms with Gasteiger partial charge < -0.3 is 5.32 Å². The molecule has 0 aliphatic heterocycles. The average molecular weight is 368 g/mol. The van der Waals surface area contributed by atoms with Gasteiger partial charge in [-0.3, -0.25) is 14.2 Å². The molecule has 1 N–H and O–H groups in total. The van der Waals surface area contributed by atoms with Crippen LogP contribution in [0.4, 0.5) is 0 Å². The second-order valence-corrected chi connectivity index (χ2v) is 8.29. The summed E-state index contributed by atoms with van der Waals surface area (Å²) in [4.78, 5) is 29.3. The van der Waals surface area contributed by atoms with Gasteiger partial charge in [0.15, 0.2) is 5.16 Å². The second-order valence-electron chi connectivity index (χ2n) is 6.91. The van der Waals surface area contributed by atoms with Crippen molar-refractivity contribution in [1.29, 1.82) is 0 Å². The predicted octanol–water partition coefficient (Wildman–Crippen LogP) is 3.64. The van der Waals surface area contributed by atoms with Gasteiger partial charge in [-0.05, 0) is 52.8 Å². The highest BCUT2D eigenvalue weighted by Crippen LogP contribution is 2.22. The van der Waals surface area contributed by atoms with E-state index in [0.29, 0.717) is 21.1 Å².